The average Bonchev–Trinajstić information content (AvgIpc) is 3.39. The van der Waals surface area contributed by atoms with Crippen molar-refractivity contribution in [2.75, 3.05) is 63.6 Å². The van der Waals surface area contributed by atoms with Gasteiger partial charge in [-0.15, -0.1) is 0 Å². The number of nitrogens with zero attached hydrogens (tertiary/aromatic N) is 3. The molecule has 3 heterocycles. The Morgan fingerprint density at radius 3 is 2.58 bits per heavy atom. The van der Waals surface area contributed by atoms with Crippen molar-refractivity contribution in [3.05, 3.63) is 36.0 Å². The van der Waals surface area contributed by atoms with Gasteiger partial charge in [0.2, 0.25) is 5.91 Å². The van der Waals surface area contributed by atoms with E-state index in [1.165, 1.54) is 25.9 Å². The lowest BCUT2D eigenvalue weighted by atomic mass is 9.96. The normalized spacial score (nSPS) is 16.7. The highest BCUT2D eigenvalue weighted by molar-refractivity contribution is 5.73. The molecule has 0 radical (unpaired) electrons. The monoisotopic (exact) mass is 499 g/mol. The summed E-state index contributed by atoms with van der Waals surface area (Å²) in [5, 5.41) is 7.01. The first-order valence-electron chi connectivity index (χ1n) is 13.3. The molecule has 1 amide bonds. The highest BCUT2D eigenvalue weighted by Crippen LogP contribution is 2.32. The van der Waals surface area contributed by atoms with Gasteiger partial charge in [-0.25, -0.2) is 4.98 Å². The molecule has 2 saturated heterocycles. The number of aryl methyl sites for hydroxylation is 1. The molecule has 8 heteroatoms. The van der Waals surface area contributed by atoms with E-state index in [2.05, 4.69) is 26.6 Å². The van der Waals surface area contributed by atoms with Crippen molar-refractivity contribution >= 4 is 23.1 Å². The zero-order chi connectivity index (χ0) is 25.3. The van der Waals surface area contributed by atoms with Crippen LogP contribution < -0.4 is 20.1 Å². The molecule has 4 rings (SSSR count). The van der Waals surface area contributed by atoms with Crippen LogP contribution in [-0.4, -0.2) is 73.7 Å². The number of anilines is 3. The number of benzene rings is 1. The molecule has 36 heavy (non-hydrogen) atoms. The first kappa shape index (κ1) is 26.1. The van der Waals surface area contributed by atoms with Gasteiger partial charge in [-0.2, -0.15) is 0 Å². The van der Waals surface area contributed by atoms with E-state index < -0.39 is 0 Å². The summed E-state index contributed by atoms with van der Waals surface area (Å²) in [6.07, 6.45) is 5.70. The van der Waals surface area contributed by atoms with Crippen molar-refractivity contribution in [2.24, 2.45) is 5.92 Å². The van der Waals surface area contributed by atoms with Gasteiger partial charge in [0.05, 0.1) is 13.7 Å². The van der Waals surface area contributed by atoms with Gasteiger partial charge in [-0.05, 0) is 76.2 Å². The zero-order valence-corrected chi connectivity index (χ0v) is 22.0. The number of ether oxygens (including phenoxy) is 2. The second-order valence-corrected chi connectivity index (χ2v) is 9.95. The number of piperidine rings is 1. The molecule has 200 valence electrons. The van der Waals surface area contributed by atoms with E-state index in [-0.39, 0.29) is 8.76 Å². The van der Waals surface area contributed by atoms with Crippen LogP contribution in [0.1, 0.15) is 47.6 Å². The number of hydrogen-bond acceptors (Lipinski definition) is 7. The predicted octanol–water partition coefficient (Wildman–Crippen LogP) is 5.17. The fourth-order valence-corrected chi connectivity index (χ4v) is 5.04. The van der Waals surface area contributed by atoms with Crippen molar-refractivity contribution in [1.29, 1.82) is 0 Å². The number of hydrogen-bond donors (Lipinski definition) is 2. The van der Waals surface area contributed by atoms with Crippen LogP contribution >= 0.6 is 0 Å². The van der Waals surface area contributed by atoms with E-state index in [0.717, 1.165) is 79.8 Å². The zero-order valence-electron chi connectivity index (χ0n) is 22.0. The number of amides is 1. The van der Waals surface area contributed by atoms with E-state index in [9.17, 15) is 4.79 Å². The van der Waals surface area contributed by atoms with Crippen molar-refractivity contribution in [3.63, 3.8) is 0 Å². The van der Waals surface area contributed by atoms with E-state index in [1.54, 1.807) is 14.0 Å². The van der Waals surface area contributed by atoms with Crippen molar-refractivity contribution in [1.82, 2.24) is 14.8 Å². The highest BCUT2D eigenvalue weighted by atomic mass is 16.5. The summed E-state index contributed by atoms with van der Waals surface area (Å²) in [4.78, 5) is 20.7. The van der Waals surface area contributed by atoms with Gasteiger partial charge in [0.15, 0.2) is 11.5 Å². The highest BCUT2D eigenvalue weighted by Gasteiger charge is 2.20. The maximum Gasteiger partial charge on any atom is 0.219 e. The van der Waals surface area contributed by atoms with E-state index in [1.807, 2.05) is 36.1 Å². The first-order chi connectivity index (χ1) is 17.5. The molecule has 0 saturated carbocycles. The Morgan fingerprint density at radius 2 is 1.86 bits per heavy atom. The molecule has 0 bridgehead atoms. The Morgan fingerprint density at radius 1 is 1.08 bits per heavy atom. The standard InChI is InChI=1S/C28H41N5O3.2H2/c1-21-17-25(29-20-23-9-14-33(15-10-23)22(2)34)19-28(30-21)31-24-7-8-26(35-3)27(18-24)36-16-6-13-32-11-4-5-12-32;;/h7-8,17-19,23H,4-6,9-16,20H2,1-3H3,(H2,29,30,31);2*1H. The van der Waals surface area contributed by atoms with E-state index in [0.29, 0.717) is 12.5 Å². The molecule has 0 unspecified atom stereocenters. The van der Waals surface area contributed by atoms with Crippen molar-refractivity contribution < 1.29 is 17.1 Å². The lowest BCUT2D eigenvalue weighted by molar-refractivity contribution is -0.130. The Kier molecular flexibility index (Phi) is 9.28. The molecule has 8 nitrogen and oxygen atoms in total. The number of aromatic nitrogens is 1. The molecule has 2 aliphatic rings. The minimum absolute atomic E-state index is 0. The smallest absolute Gasteiger partial charge is 0.219 e. The Bertz CT molecular complexity index is 1010. The van der Waals surface area contributed by atoms with Crippen LogP contribution in [-0.2, 0) is 4.79 Å². The van der Waals surface area contributed by atoms with E-state index in [4.69, 9.17) is 9.47 Å². The Labute approximate surface area is 218 Å². The van der Waals surface area contributed by atoms with Crippen LogP contribution in [0.15, 0.2) is 30.3 Å². The number of methoxy groups -OCH3 is 1. The maximum atomic E-state index is 11.6. The van der Waals surface area contributed by atoms with Gasteiger partial charge >= 0.3 is 0 Å². The van der Waals surface area contributed by atoms with Gasteiger partial charge in [0.1, 0.15) is 5.82 Å². The van der Waals surface area contributed by atoms with Crippen molar-refractivity contribution in [2.45, 2.75) is 46.0 Å². The molecule has 1 aromatic carbocycles. The average molecular weight is 500 g/mol. The molecular formula is C28H45N5O3. The van der Waals surface area contributed by atoms with Gasteiger partial charge in [-0.3, -0.25) is 4.79 Å². The summed E-state index contributed by atoms with van der Waals surface area (Å²) < 4.78 is 11.6. The first-order valence-corrected chi connectivity index (χ1v) is 13.3. The Hall–Kier alpha value is -3.00. The summed E-state index contributed by atoms with van der Waals surface area (Å²) in [6.45, 7) is 10.4. The summed E-state index contributed by atoms with van der Waals surface area (Å²) in [5.74, 6) is 3.01. The second-order valence-electron chi connectivity index (χ2n) is 9.95. The van der Waals surface area contributed by atoms with Crippen molar-refractivity contribution in [3.8, 4) is 11.5 Å². The number of likely N-dealkylation sites (tertiary alicyclic amines) is 2. The Balaban J connectivity index is 0.00000253. The fourth-order valence-electron chi connectivity index (χ4n) is 5.04. The fraction of sp³-hybridized carbons (Fsp3) is 0.571. The molecule has 2 fully saturated rings. The molecule has 0 atom stereocenters. The van der Waals surface area contributed by atoms with Crippen LogP contribution in [0.25, 0.3) is 0 Å². The third kappa shape index (κ3) is 7.50. The largest absolute Gasteiger partial charge is 0.493 e. The summed E-state index contributed by atoms with van der Waals surface area (Å²) in [6, 6.07) is 10.0. The van der Waals surface area contributed by atoms with Crippen LogP contribution in [0.5, 0.6) is 11.5 Å². The number of carbonyl (C=O) groups is 1. The van der Waals surface area contributed by atoms with Gasteiger partial charge in [-0.1, -0.05) is 0 Å². The minimum Gasteiger partial charge on any atom is -0.493 e. The lowest BCUT2D eigenvalue weighted by Crippen LogP contribution is -2.38. The second kappa shape index (κ2) is 12.8. The summed E-state index contributed by atoms with van der Waals surface area (Å²) >= 11 is 0. The van der Waals surface area contributed by atoms with Gasteiger partial charge < -0.3 is 29.9 Å². The van der Waals surface area contributed by atoms with E-state index >= 15 is 0 Å². The third-order valence-electron chi connectivity index (χ3n) is 7.12. The lowest BCUT2D eigenvalue weighted by Gasteiger charge is -2.31. The maximum absolute atomic E-state index is 11.6. The van der Waals surface area contributed by atoms with Crippen LogP contribution in [0.4, 0.5) is 17.2 Å². The molecule has 0 aliphatic carbocycles. The van der Waals surface area contributed by atoms with Crippen LogP contribution in [0.3, 0.4) is 0 Å². The van der Waals surface area contributed by atoms with Gasteiger partial charge in [0, 0.05) is 65.2 Å². The van der Waals surface area contributed by atoms with Crippen LogP contribution in [0.2, 0.25) is 0 Å². The number of rotatable bonds is 11. The SMILES string of the molecule is COc1ccc(Nc2cc(NCC3CCN(C(C)=O)CC3)cc(C)n2)cc1OCCCN1CCCC1.[HH].[HH]. The summed E-state index contributed by atoms with van der Waals surface area (Å²) in [7, 11) is 1.67. The molecule has 0 spiro atoms. The molecule has 2 aliphatic heterocycles. The van der Waals surface area contributed by atoms with Crippen LogP contribution in [0, 0.1) is 12.8 Å². The third-order valence-corrected chi connectivity index (χ3v) is 7.12. The number of pyridine rings is 1. The molecule has 2 N–H and O–H groups in total. The summed E-state index contributed by atoms with van der Waals surface area (Å²) in [5.41, 5.74) is 2.90. The van der Waals surface area contributed by atoms with Gasteiger partial charge in [0.25, 0.3) is 0 Å². The molecule has 1 aromatic heterocycles. The topological polar surface area (TPSA) is 79.0 Å². The number of carbonyl (C=O) groups excluding carboxylic acids is 1. The molecule has 2 aromatic rings. The minimum atomic E-state index is 0. The molecular weight excluding hydrogens is 454 g/mol. The quantitative estimate of drug-likeness (QED) is 0.413. The number of nitrogens with one attached hydrogen (secondary N) is 2. The predicted molar refractivity (Wildman–Crippen MR) is 149 cm³/mol.